The van der Waals surface area contributed by atoms with Crippen LogP contribution in [0.4, 0.5) is 0 Å². The first-order valence-corrected chi connectivity index (χ1v) is 9.05. The second kappa shape index (κ2) is 9.02. The molecule has 1 N–H and O–H groups in total. The molecule has 4 nitrogen and oxygen atoms in total. The molecular weight excluding hydrogens is 404 g/mol. The van der Waals surface area contributed by atoms with E-state index in [9.17, 15) is 4.79 Å². The Balaban J connectivity index is 1.90. The Bertz CT molecular complexity index is 773. The summed E-state index contributed by atoms with van der Waals surface area (Å²) in [5.41, 5.74) is 5.27. The van der Waals surface area contributed by atoms with Crippen molar-refractivity contribution in [2.24, 2.45) is 5.10 Å². The van der Waals surface area contributed by atoms with Crippen molar-refractivity contribution in [2.45, 2.75) is 26.7 Å². The maximum absolute atomic E-state index is 11.9. The van der Waals surface area contributed by atoms with Gasteiger partial charge in [0.2, 0.25) is 0 Å². The Labute approximate surface area is 161 Å². The van der Waals surface area contributed by atoms with Crippen LogP contribution in [0.2, 0.25) is 5.02 Å². The van der Waals surface area contributed by atoms with Gasteiger partial charge in [-0.3, -0.25) is 4.79 Å². The van der Waals surface area contributed by atoms with E-state index in [-0.39, 0.29) is 12.5 Å². The molecule has 0 aliphatic rings. The number of carbonyl (C=O) groups excluding carboxylic acids is 1. The molecule has 0 saturated carbocycles. The number of hydrazone groups is 1. The predicted molar refractivity (Wildman–Crippen MR) is 106 cm³/mol. The van der Waals surface area contributed by atoms with Crippen LogP contribution in [0.25, 0.3) is 0 Å². The lowest BCUT2D eigenvalue weighted by molar-refractivity contribution is -0.123. The normalized spacial score (nSPS) is 11.5. The van der Waals surface area contributed by atoms with Gasteiger partial charge in [-0.15, -0.1) is 0 Å². The highest BCUT2D eigenvalue weighted by molar-refractivity contribution is 9.10. The molecule has 2 rings (SSSR count). The van der Waals surface area contributed by atoms with Crippen molar-refractivity contribution in [2.75, 3.05) is 6.61 Å². The van der Waals surface area contributed by atoms with Gasteiger partial charge < -0.3 is 4.74 Å². The standard InChI is InChI=1S/C19H20BrClN2O2/c1-12(2)15-6-9-18(17(20)10-15)25-11-19(24)23-22-13(3)14-4-7-16(21)8-5-14/h4-10,12H,11H2,1-3H3,(H,23,24)/b22-13+. The van der Waals surface area contributed by atoms with Crippen LogP contribution in [0.5, 0.6) is 5.75 Å². The molecular formula is C19H20BrClN2O2. The molecule has 0 saturated heterocycles. The molecule has 1 amide bonds. The van der Waals surface area contributed by atoms with Gasteiger partial charge in [-0.1, -0.05) is 43.6 Å². The summed E-state index contributed by atoms with van der Waals surface area (Å²) in [5, 5.41) is 4.73. The summed E-state index contributed by atoms with van der Waals surface area (Å²) in [5.74, 6) is 0.727. The van der Waals surface area contributed by atoms with Crippen molar-refractivity contribution in [3.8, 4) is 5.75 Å². The third-order valence-electron chi connectivity index (χ3n) is 3.59. The number of halogens is 2. The lowest BCUT2D eigenvalue weighted by Gasteiger charge is -2.11. The van der Waals surface area contributed by atoms with Gasteiger partial charge in [0.1, 0.15) is 5.75 Å². The smallest absolute Gasteiger partial charge is 0.277 e. The van der Waals surface area contributed by atoms with E-state index < -0.39 is 0 Å². The van der Waals surface area contributed by atoms with Crippen molar-refractivity contribution in [3.63, 3.8) is 0 Å². The average Bonchev–Trinajstić information content (AvgIpc) is 2.59. The molecule has 2 aromatic rings. The van der Waals surface area contributed by atoms with Gasteiger partial charge in [0.05, 0.1) is 10.2 Å². The zero-order valence-corrected chi connectivity index (χ0v) is 16.7. The summed E-state index contributed by atoms with van der Waals surface area (Å²) in [7, 11) is 0. The number of benzene rings is 2. The minimum Gasteiger partial charge on any atom is -0.483 e. The Morgan fingerprint density at radius 1 is 1.24 bits per heavy atom. The van der Waals surface area contributed by atoms with Crippen molar-refractivity contribution < 1.29 is 9.53 Å². The molecule has 132 valence electrons. The maximum atomic E-state index is 11.9. The maximum Gasteiger partial charge on any atom is 0.277 e. The highest BCUT2D eigenvalue weighted by Gasteiger charge is 2.08. The first kappa shape index (κ1) is 19.5. The number of amides is 1. The summed E-state index contributed by atoms with van der Waals surface area (Å²) in [6.07, 6.45) is 0. The lowest BCUT2D eigenvalue weighted by atomic mass is 10.0. The van der Waals surface area contributed by atoms with Gasteiger partial charge in [0, 0.05) is 5.02 Å². The van der Waals surface area contributed by atoms with Gasteiger partial charge in [-0.25, -0.2) is 5.43 Å². The van der Waals surface area contributed by atoms with Gasteiger partial charge in [-0.05, 0) is 64.2 Å². The SMILES string of the molecule is C/C(=N\NC(=O)COc1ccc(C(C)C)cc1Br)c1ccc(Cl)cc1. The number of hydrogen-bond acceptors (Lipinski definition) is 3. The monoisotopic (exact) mass is 422 g/mol. The molecule has 0 aliphatic heterocycles. The second-order valence-electron chi connectivity index (χ2n) is 5.87. The van der Waals surface area contributed by atoms with Gasteiger partial charge in [-0.2, -0.15) is 5.10 Å². The number of hydrogen-bond donors (Lipinski definition) is 1. The quantitative estimate of drug-likeness (QED) is 0.516. The van der Waals surface area contributed by atoms with E-state index >= 15 is 0 Å². The molecule has 0 bridgehead atoms. The molecule has 0 aromatic heterocycles. The van der Waals surface area contributed by atoms with Crippen LogP contribution in [0, 0.1) is 0 Å². The van der Waals surface area contributed by atoms with Crippen LogP contribution >= 0.6 is 27.5 Å². The first-order chi connectivity index (χ1) is 11.9. The summed E-state index contributed by atoms with van der Waals surface area (Å²) in [6, 6.07) is 13.1. The first-order valence-electron chi connectivity index (χ1n) is 7.88. The van der Waals surface area contributed by atoms with Crippen LogP contribution in [-0.4, -0.2) is 18.2 Å². The fourth-order valence-electron chi connectivity index (χ4n) is 2.07. The van der Waals surface area contributed by atoms with Crippen LogP contribution in [0.3, 0.4) is 0 Å². The zero-order chi connectivity index (χ0) is 18.4. The van der Waals surface area contributed by atoms with Crippen LogP contribution in [0.1, 0.15) is 37.8 Å². The number of nitrogens with zero attached hydrogens (tertiary/aromatic N) is 1. The molecule has 25 heavy (non-hydrogen) atoms. The molecule has 6 heteroatoms. The molecule has 0 fully saturated rings. The fraction of sp³-hybridized carbons (Fsp3) is 0.263. The van der Waals surface area contributed by atoms with E-state index in [1.54, 1.807) is 12.1 Å². The number of nitrogens with one attached hydrogen (secondary N) is 1. The highest BCUT2D eigenvalue weighted by Crippen LogP contribution is 2.28. The molecule has 0 radical (unpaired) electrons. The Hall–Kier alpha value is -1.85. The Morgan fingerprint density at radius 3 is 2.52 bits per heavy atom. The number of ether oxygens (including phenoxy) is 1. The van der Waals surface area contributed by atoms with Gasteiger partial charge in [0.15, 0.2) is 6.61 Å². The predicted octanol–water partition coefficient (Wildman–Crippen LogP) is 5.15. The van der Waals surface area contributed by atoms with Gasteiger partial charge in [0.25, 0.3) is 5.91 Å². The highest BCUT2D eigenvalue weighted by atomic mass is 79.9. The number of carbonyl (C=O) groups is 1. The van der Waals surface area contributed by atoms with E-state index in [0.717, 1.165) is 10.0 Å². The molecule has 0 aliphatic carbocycles. The van der Waals surface area contributed by atoms with Crippen LogP contribution < -0.4 is 10.2 Å². The zero-order valence-electron chi connectivity index (χ0n) is 14.3. The van der Waals surface area contributed by atoms with Crippen molar-refractivity contribution >= 4 is 39.1 Å². The molecule has 0 unspecified atom stereocenters. The van der Waals surface area contributed by atoms with Crippen molar-refractivity contribution in [3.05, 3.63) is 63.1 Å². The van der Waals surface area contributed by atoms with E-state index in [1.807, 2.05) is 37.3 Å². The van der Waals surface area contributed by atoms with Crippen molar-refractivity contribution in [1.82, 2.24) is 5.43 Å². The Morgan fingerprint density at radius 2 is 1.92 bits per heavy atom. The van der Waals surface area contributed by atoms with E-state index in [1.165, 1.54) is 5.56 Å². The molecule has 0 spiro atoms. The van der Waals surface area contributed by atoms with E-state index in [0.29, 0.717) is 22.4 Å². The summed E-state index contributed by atoms with van der Waals surface area (Å²) in [6.45, 7) is 5.94. The average molecular weight is 424 g/mol. The van der Waals surface area contributed by atoms with Gasteiger partial charge >= 0.3 is 0 Å². The number of rotatable bonds is 6. The Kier molecular flexibility index (Phi) is 7.02. The third kappa shape index (κ3) is 5.87. The fourth-order valence-corrected chi connectivity index (χ4v) is 2.71. The summed E-state index contributed by atoms with van der Waals surface area (Å²) in [4.78, 5) is 11.9. The molecule has 0 heterocycles. The van der Waals surface area contributed by atoms with E-state index in [2.05, 4.69) is 40.3 Å². The van der Waals surface area contributed by atoms with Crippen LogP contribution in [0.15, 0.2) is 52.0 Å². The van der Waals surface area contributed by atoms with Crippen molar-refractivity contribution in [1.29, 1.82) is 0 Å². The second-order valence-corrected chi connectivity index (χ2v) is 7.16. The summed E-state index contributed by atoms with van der Waals surface area (Å²) >= 11 is 9.32. The largest absolute Gasteiger partial charge is 0.483 e. The third-order valence-corrected chi connectivity index (χ3v) is 4.46. The molecule has 2 aromatic carbocycles. The summed E-state index contributed by atoms with van der Waals surface area (Å²) < 4.78 is 6.37. The topological polar surface area (TPSA) is 50.7 Å². The minimum atomic E-state index is -0.326. The minimum absolute atomic E-state index is 0.114. The van der Waals surface area contributed by atoms with E-state index in [4.69, 9.17) is 16.3 Å². The van der Waals surface area contributed by atoms with Crippen LogP contribution in [-0.2, 0) is 4.79 Å². The lowest BCUT2D eigenvalue weighted by Crippen LogP contribution is -2.25. The molecule has 0 atom stereocenters.